The summed E-state index contributed by atoms with van der Waals surface area (Å²) >= 11 is 5.01. The minimum atomic E-state index is -0.816. The van der Waals surface area contributed by atoms with Crippen LogP contribution in [0.25, 0.3) is 0 Å². The minimum Gasteiger partial charge on any atom is -0.445 e. The second kappa shape index (κ2) is 15.4. The quantitative estimate of drug-likeness (QED) is 0.210. The highest BCUT2D eigenvalue weighted by atomic mass is 79.9. The summed E-state index contributed by atoms with van der Waals surface area (Å²) in [5.41, 5.74) is 0.926. The van der Waals surface area contributed by atoms with Crippen molar-refractivity contribution in [2.75, 3.05) is 11.4 Å². The predicted octanol–water partition coefficient (Wildman–Crippen LogP) is 7.03. The van der Waals surface area contributed by atoms with Crippen molar-refractivity contribution in [2.45, 2.75) is 64.8 Å². The molecule has 3 aromatic rings. The number of ether oxygens (including phenoxy) is 2. The lowest BCUT2D eigenvalue weighted by molar-refractivity contribution is -0.121. The standard InChI is InChI=1S/C30H36BrN3O5S/c1-30(2,3)39-29(37)33-26(13-7-8-18-32-28(36)38-21-22-10-5-4-6-11-22)27(35)34(20-25-12-9-19-40-25)24-16-14-23(31)15-17-24/h4-6,9-12,14-17,19,26H,7-8,13,18,20-21H2,1-3H3,(H,32,36)(H,33,37)/t26-/m0/s1. The van der Waals surface area contributed by atoms with E-state index < -0.39 is 23.8 Å². The van der Waals surface area contributed by atoms with Crippen LogP contribution >= 0.6 is 27.3 Å². The topological polar surface area (TPSA) is 97.0 Å². The third-order valence-electron chi connectivity index (χ3n) is 5.69. The van der Waals surface area contributed by atoms with Crippen molar-refractivity contribution in [1.82, 2.24) is 10.6 Å². The van der Waals surface area contributed by atoms with Crippen LogP contribution in [0.4, 0.5) is 15.3 Å². The number of nitrogens with one attached hydrogen (secondary N) is 2. The van der Waals surface area contributed by atoms with Gasteiger partial charge in [-0.2, -0.15) is 0 Å². The van der Waals surface area contributed by atoms with Gasteiger partial charge in [-0.15, -0.1) is 11.3 Å². The molecule has 2 aromatic carbocycles. The molecule has 0 bridgehead atoms. The summed E-state index contributed by atoms with van der Waals surface area (Å²) in [7, 11) is 0. The number of nitrogens with zero attached hydrogens (tertiary/aromatic N) is 1. The van der Waals surface area contributed by atoms with Crippen LogP contribution in [0.5, 0.6) is 0 Å². The summed E-state index contributed by atoms with van der Waals surface area (Å²) in [6.45, 7) is 6.27. The third-order valence-corrected chi connectivity index (χ3v) is 7.08. The zero-order valence-electron chi connectivity index (χ0n) is 23.0. The van der Waals surface area contributed by atoms with Crippen molar-refractivity contribution in [3.63, 3.8) is 0 Å². The zero-order valence-corrected chi connectivity index (χ0v) is 25.4. The molecule has 0 saturated heterocycles. The summed E-state index contributed by atoms with van der Waals surface area (Å²) in [4.78, 5) is 41.3. The average Bonchev–Trinajstić information content (AvgIpc) is 3.43. The molecule has 0 aliphatic heterocycles. The molecular weight excluding hydrogens is 594 g/mol. The second-order valence-corrected chi connectivity index (χ2v) is 12.1. The van der Waals surface area contributed by atoms with Crippen LogP contribution in [0.1, 0.15) is 50.5 Å². The average molecular weight is 631 g/mol. The van der Waals surface area contributed by atoms with Crippen molar-refractivity contribution < 1.29 is 23.9 Å². The fourth-order valence-corrected chi connectivity index (χ4v) is 4.77. The summed E-state index contributed by atoms with van der Waals surface area (Å²) in [5.74, 6) is -0.239. The van der Waals surface area contributed by atoms with Gasteiger partial charge in [-0.05, 0) is 81.3 Å². The van der Waals surface area contributed by atoms with E-state index in [0.717, 1.165) is 20.6 Å². The monoisotopic (exact) mass is 629 g/mol. The lowest BCUT2D eigenvalue weighted by atomic mass is 10.1. The maximum atomic E-state index is 13.9. The van der Waals surface area contributed by atoms with Gasteiger partial charge in [-0.25, -0.2) is 9.59 Å². The lowest BCUT2D eigenvalue weighted by Crippen LogP contribution is -2.49. The van der Waals surface area contributed by atoms with Crippen molar-refractivity contribution in [3.05, 3.63) is 87.0 Å². The Kier molecular flexibility index (Phi) is 12.0. The van der Waals surface area contributed by atoms with Crippen molar-refractivity contribution in [1.29, 1.82) is 0 Å². The Morgan fingerprint density at radius 1 is 0.950 bits per heavy atom. The van der Waals surface area contributed by atoms with Gasteiger partial charge in [0, 0.05) is 21.6 Å². The molecule has 0 spiro atoms. The molecule has 8 nitrogen and oxygen atoms in total. The van der Waals surface area contributed by atoms with Crippen LogP contribution in [0, 0.1) is 0 Å². The fourth-order valence-electron chi connectivity index (χ4n) is 3.81. The van der Waals surface area contributed by atoms with Gasteiger partial charge in [0.2, 0.25) is 5.91 Å². The van der Waals surface area contributed by atoms with Crippen molar-refractivity contribution >= 4 is 51.0 Å². The lowest BCUT2D eigenvalue weighted by Gasteiger charge is -2.29. The van der Waals surface area contributed by atoms with Crippen LogP contribution in [0.15, 0.2) is 76.6 Å². The Morgan fingerprint density at radius 3 is 2.33 bits per heavy atom. The molecule has 0 unspecified atom stereocenters. The molecule has 1 heterocycles. The molecule has 0 radical (unpaired) electrons. The molecule has 0 aliphatic rings. The number of halogens is 1. The fraction of sp³-hybridized carbons (Fsp3) is 0.367. The molecule has 3 rings (SSSR count). The number of anilines is 1. The first-order chi connectivity index (χ1) is 19.1. The van der Waals surface area contributed by atoms with Crippen LogP contribution in [0.3, 0.4) is 0 Å². The molecule has 1 atom stereocenters. The first-order valence-corrected chi connectivity index (χ1v) is 14.8. The molecule has 40 heavy (non-hydrogen) atoms. The van der Waals surface area contributed by atoms with Crippen molar-refractivity contribution in [3.8, 4) is 0 Å². The highest BCUT2D eigenvalue weighted by Gasteiger charge is 2.29. The van der Waals surface area contributed by atoms with Crippen molar-refractivity contribution in [2.24, 2.45) is 0 Å². The second-order valence-electron chi connectivity index (χ2n) is 10.2. The number of unbranched alkanes of at least 4 members (excludes halogenated alkanes) is 1. The smallest absolute Gasteiger partial charge is 0.408 e. The number of hydrogen-bond donors (Lipinski definition) is 2. The first kappa shape index (κ1) is 31.2. The van der Waals surface area contributed by atoms with Gasteiger partial charge in [0.25, 0.3) is 0 Å². The van der Waals surface area contributed by atoms with Gasteiger partial charge in [0.05, 0.1) is 6.54 Å². The van der Waals surface area contributed by atoms with Gasteiger partial charge >= 0.3 is 12.2 Å². The van der Waals surface area contributed by atoms with Crippen LogP contribution in [-0.2, 0) is 27.4 Å². The Morgan fingerprint density at radius 2 is 1.68 bits per heavy atom. The maximum absolute atomic E-state index is 13.9. The van der Waals surface area contributed by atoms with Crippen LogP contribution in [-0.4, -0.2) is 36.3 Å². The minimum absolute atomic E-state index is 0.194. The van der Waals surface area contributed by atoms with E-state index in [1.54, 1.807) is 37.0 Å². The highest BCUT2D eigenvalue weighted by Crippen LogP contribution is 2.24. The Balaban J connectivity index is 1.62. The first-order valence-electron chi connectivity index (χ1n) is 13.1. The van der Waals surface area contributed by atoms with Gasteiger partial charge in [-0.1, -0.05) is 52.3 Å². The molecule has 3 amide bonds. The number of amides is 3. The van der Waals surface area contributed by atoms with Crippen LogP contribution < -0.4 is 15.5 Å². The van der Waals surface area contributed by atoms with Crippen LogP contribution in [0.2, 0.25) is 0 Å². The Bertz CT molecular complexity index is 1210. The number of rotatable bonds is 12. The number of carbonyl (C=O) groups is 3. The van der Waals surface area contributed by atoms with Gasteiger partial charge in [0.15, 0.2) is 0 Å². The molecule has 1 aromatic heterocycles. The van der Waals surface area contributed by atoms with E-state index in [1.165, 1.54) is 0 Å². The van der Waals surface area contributed by atoms with E-state index >= 15 is 0 Å². The molecule has 0 aliphatic carbocycles. The number of hydrogen-bond acceptors (Lipinski definition) is 6. The highest BCUT2D eigenvalue weighted by molar-refractivity contribution is 9.10. The van der Waals surface area contributed by atoms with E-state index in [-0.39, 0.29) is 12.5 Å². The zero-order chi connectivity index (χ0) is 29.0. The third kappa shape index (κ3) is 11.0. The van der Waals surface area contributed by atoms with Gasteiger partial charge < -0.3 is 25.0 Å². The Hall–Kier alpha value is -3.37. The largest absolute Gasteiger partial charge is 0.445 e. The number of thiophene rings is 1. The molecule has 2 N–H and O–H groups in total. The molecule has 10 heteroatoms. The van der Waals surface area contributed by atoms with E-state index in [4.69, 9.17) is 9.47 Å². The summed E-state index contributed by atoms with van der Waals surface area (Å²) in [6, 6.07) is 20.0. The van der Waals surface area contributed by atoms with E-state index in [2.05, 4.69) is 26.6 Å². The number of benzene rings is 2. The summed E-state index contributed by atoms with van der Waals surface area (Å²) in [6.07, 6.45) is 0.402. The maximum Gasteiger partial charge on any atom is 0.408 e. The summed E-state index contributed by atoms with van der Waals surface area (Å²) < 4.78 is 11.6. The number of carbonyl (C=O) groups excluding carboxylic acids is 3. The van der Waals surface area contributed by atoms with Gasteiger partial charge in [-0.3, -0.25) is 4.79 Å². The molecule has 214 valence electrons. The summed E-state index contributed by atoms with van der Waals surface area (Å²) in [5, 5.41) is 7.49. The van der Waals surface area contributed by atoms with E-state index in [1.807, 2.05) is 72.1 Å². The van der Waals surface area contributed by atoms with E-state index in [9.17, 15) is 14.4 Å². The van der Waals surface area contributed by atoms with E-state index in [0.29, 0.717) is 32.4 Å². The molecular formula is C30H36BrN3O5S. The number of alkyl carbamates (subject to hydrolysis) is 2. The predicted molar refractivity (Wildman–Crippen MR) is 161 cm³/mol. The molecule has 0 saturated carbocycles. The SMILES string of the molecule is CC(C)(C)OC(=O)N[C@@H](CCCCNC(=O)OCc1ccccc1)C(=O)N(Cc1cccs1)c1ccc(Br)cc1. The normalized spacial score (nSPS) is 11.8. The van der Waals surface area contributed by atoms with Gasteiger partial charge in [0.1, 0.15) is 18.2 Å². The Labute approximate surface area is 248 Å². The molecule has 0 fully saturated rings.